The van der Waals surface area contributed by atoms with Gasteiger partial charge in [0.2, 0.25) is 0 Å². The summed E-state index contributed by atoms with van der Waals surface area (Å²) in [4.78, 5) is 27.4. The van der Waals surface area contributed by atoms with Gasteiger partial charge in [-0.1, -0.05) is 4.48 Å². The lowest BCUT2D eigenvalue weighted by Crippen LogP contribution is -2.36. The van der Waals surface area contributed by atoms with Gasteiger partial charge in [0.05, 0.1) is 25.1 Å². The van der Waals surface area contributed by atoms with Crippen LogP contribution in [0.2, 0.25) is 0 Å². The van der Waals surface area contributed by atoms with Gasteiger partial charge < -0.3 is 19.1 Å². The van der Waals surface area contributed by atoms with Crippen molar-refractivity contribution in [2.75, 3.05) is 36.3 Å². The minimum absolute atomic E-state index is 0.0288. The summed E-state index contributed by atoms with van der Waals surface area (Å²) in [5.41, 5.74) is 0.203. The van der Waals surface area contributed by atoms with Crippen LogP contribution in [0.25, 0.3) is 11.2 Å². The Labute approximate surface area is 184 Å². The zero-order valence-electron chi connectivity index (χ0n) is 18.1. The monoisotopic (exact) mass is 441 g/mol. The summed E-state index contributed by atoms with van der Waals surface area (Å²) < 4.78 is 30.6. The molecule has 0 N–H and O–H groups in total. The first-order valence-corrected chi connectivity index (χ1v) is 10.2. The van der Waals surface area contributed by atoms with Gasteiger partial charge in [0.15, 0.2) is 16.9 Å². The highest BCUT2D eigenvalue weighted by atomic mass is 19.2. The van der Waals surface area contributed by atoms with Crippen molar-refractivity contribution in [2.24, 2.45) is 0 Å². The van der Waals surface area contributed by atoms with Gasteiger partial charge in [-0.05, 0) is 45.0 Å². The van der Waals surface area contributed by atoms with Crippen LogP contribution in [0.1, 0.15) is 20.8 Å². The fraction of sp³-hybridized carbons (Fsp3) is 0.364. The summed E-state index contributed by atoms with van der Waals surface area (Å²) in [6.45, 7) is 7.80. The van der Waals surface area contributed by atoms with E-state index in [9.17, 15) is 9.28 Å². The van der Waals surface area contributed by atoms with Crippen molar-refractivity contribution in [3.63, 3.8) is 0 Å². The van der Waals surface area contributed by atoms with Crippen LogP contribution in [-0.2, 0) is 9.47 Å². The van der Waals surface area contributed by atoms with E-state index in [0.29, 0.717) is 35.9 Å². The first-order chi connectivity index (χ1) is 15.3. The number of amides is 1. The summed E-state index contributed by atoms with van der Waals surface area (Å²) in [7, 11) is 0. The number of nitrogens with zero attached hydrogens (tertiary/aromatic N) is 5. The van der Waals surface area contributed by atoms with E-state index in [-0.39, 0.29) is 10.8 Å². The molecule has 0 atom stereocenters. The van der Waals surface area contributed by atoms with Gasteiger partial charge in [-0.2, -0.15) is 0 Å². The Morgan fingerprint density at radius 3 is 2.53 bits per heavy atom. The normalized spacial score (nSPS) is 14.3. The van der Waals surface area contributed by atoms with Gasteiger partial charge in [-0.25, -0.2) is 19.7 Å². The minimum Gasteiger partial charge on any atom is -0.455 e. The maximum absolute atomic E-state index is 14.3. The fourth-order valence-corrected chi connectivity index (χ4v) is 3.10. The van der Waals surface area contributed by atoms with Gasteiger partial charge in [0, 0.05) is 25.4 Å². The summed E-state index contributed by atoms with van der Waals surface area (Å²) >= 11 is 0. The molecule has 1 amide bonds. The molecule has 1 aliphatic rings. The highest BCUT2D eigenvalue weighted by molar-refractivity contribution is 5.85. The topological polar surface area (TPSA) is 89.9 Å². The number of fused-ring (bicyclic) bond motifs is 1. The van der Waals surface area contributed by atoms with E-state index in [2.05, 4.69) is 19.9 Å². The van der Waals surface area contributed by atoms with E-state index in [1.807, 2.05) is 0 Å². The molecule has 1 aliphatic heterocycles. The average Bonchev–Trinajstić information content (AvgIpc) is 2.78. The molecule has 10 heteroatoms. The Kier molecular flexibility index (Phi) is 6.04. The summed E-state index contributed by atoms with van der Waals surface area (Å²) in [6, 6.07) is 7.62. The Balaban J connectivity index is 1.50. The largest absolute Gasteiger partial charge is 0.455 e. The van der Waals surface area contributed by atoms with E-state index in [1.165, 1.54) is 12.1 Å². The van der Waals surface area contributed by atoms with Crippen LogP contribution in [0.15, 0.2) is 42.7 Å². The molecular formula is C22H24FN5O4. The van der Waals surface area contributed by atoms with Gasteiger partial charge in [-0.15, -0.1) is 5.12 Å². The van der Waals surface area contributed by atoms with Crippen molar-refractivity contribution >= 4 is 28.8 Å². The molecule has 3 aromatic rings. The number of carbonyl (C=O) groups is 1. The number of pyridine rings is 1. The van der Waals surface area contributed by atoms with Crippen LogP contribution in [0, 0.1) is 0 Å². The molecule has 4 rings (SSSR count). The predicted molar refractivity (Wildman–Crippen MR) is 117 cm³/mol. The summed E-state index contributed by atoms with van der Waals surface area (Å²) in [5.74, 6) is 1.64. The Bertz CT molecular complexity index is 1100. The van der Waals surface area contributed by atoms with Gasteiger partial charge in [0.25, 0.3) is 0 Å². The molecule has 0 saturated carbocycles. The molecule has 0 radical (unpaired) electrons. The smallest absolute Gasteiger partial charge is 0.443 e. The predicted octanol–water partition coefficient (Wildman–Crippen LogP) is 4.28. The number of benzene rings is 1. The number of anilines is 2. The zero-order chi connectivity index (χ0) is 22.7. The quantitative estimate of drug-likeness (QED) is 0.554. The van der Waals surface area contributed by atoms with E-state index < -0.39 is 11.7 Å². The molecule has 32 heavy (non-hydrogen) atoms. The van der Waals surface area contributed by atoms with Crippen LogP contribution in [0.4, 0.5) is 20.8 Å². The molecule has 168 valence electrons. The van der Waals surface area contributed by atoms with Crippen molar-refractivity contribution in [1.82, 2.24) is 15.0 Å². The SMILES string of the molecule is CC(C)(C)OC(=O)N(F)c1ccc(Oc2ccnc3nc(N4CCOCC4)cnc23)cc1. The summed E-state index contributed by atoms with van der Waals surface area (Å²) in [6.07, 6.45) is 2.19. The standard InChI is InChI=1S/C22H24FN5O4/c1-22(2,3)32-21(29)28(23)15-4-6-16(7-5-15)31-17-8-9-24-20-19(17)25-14-18(26-20)27-10-12-30-13-11-27/h4-9,14H,10-13H2,1-3H3. The molecule has 0 bridgehead atoms. The first kappa shape index (κ1) is 21.7. The second kappa shape index (κ2) is 8.91. The molecule has 1 saturated heterocycles. The number of hydrogen-bond acceptors (Lipinski definition) is 8. The molecule has 2 aromatic heterocycles. The number of aromatic nitrogens is 3. The number of morpholine rings is 1. The number of carbonyl (C=O) groups excluding carboxylic acids is 1. The van der Waals surface area contributed by atoms with E-state index in [4.69, 9.17) is 14.2 Å². The molecule has 1 aromatic carbocycles. The first-order valence-electron chi connectivity index (χ1n) is 10.2. The highest BCUT2D eigenvalue weighted by Gasteiger charge is 2.23. The highest BCUT2D eigenvalue weighted by Crippen LogP contribution is 2.29. The van der Waals surface area contributed by atoms with Crippen LogP contribution in [-0.4, -0.2) is 52.9 Å². The lowest BCUT2D eigenvalue weighted by atomic mass is 10.2. The van der Waals surface area contributed by atoms with Crippen molar-refractivity contribution in [2.45, 2.75) is 26.4 Å². The van der Waals surface area contributed by atoms with E-state index in [0.717, 1.165) is 18.9 Å². The van der Waals surface area contributed by atoms with Crippen LogP contribution >= 0.6 is 0 Å². The lowest BCUT2D eigenvalue weighted by Gasteiger charge is -2.27. The number of halogens is 1. The maximum atomic E-state index is 14.3. The zero-order valence-corrected chi connectivity index (χ0v) is 18.1. The molecule has 3 heterocycles. The van der Waals surface area contributed by atoms with Crippen molar-refractivity contribution < 1.29 is 23.5 Å². The molecule has 0 unspecified atom stereocenters. The molecule has 1 fully saturated rings. The minimum atomic E-state index is -1.09. The Morgan fingerprint density at radius 1 is 1.12 bits per heavy atom. The van der Waals surface area contributed by atoms with Gasteiger partial charge in [0.1, 0.15) is 17.2 Å². The average molecular weight is 441 g/mol. The molecule has 0 spiro atoms. The third-order valence-electron chi connectivity index (χ3n) is 4.58. The molecule has 9 nitrogen and oxygen atoms in total. The number of rotatable bonds is 4. The van der Waals surface area contributed by atoms with Crippen LogP contribution in [0.3, 0.4) is 0 Å². The second-order valence-electron chi connectivity index (χ2n) is 8.17. The maximum Gasteiger partial charge on any atom is 0.443 e. The third-order valence-corrected chi connectivity index (χ3v) is 4.58. The van der Waals surface area contributed by atoms with Gasteiger partial charge >= 0.3 is 6.09 Å². The fourth-order valence-electron chi connectivity index (χ4n) is 3.10. The number of ether oxygens (including phenoxy) is 3. The summed E-state index contributed by atoms with van der Waals surface area (Å²) in [5, 5.41) is -0.0461. The van der Waals surface area contributed by atoms with E-state index in [1.54, 1.807) is 51.4 Å². The third kappa shape index (κ3) is 5.02. The van der Waals surface area contributed by atoms with Crippen molar-refractivity contribution in [1.29, 1.82) is 0 Å². The molecule has 0 aliphatic carbocycles. The molecular weight excluding hydrogens is 417 g/mol. The van der Waals surface area contributed by atoms with Crippen LogP contribution in [0.5, 0.6) is 11.5 Å². The lowest BCUT2D eigenvalue weighted by molar-refractivity contribution is 0.0501. The van der Waals surface area contributed by atoms with E-state index >= 15 is 0 Å². The van der Waals surface area contributed by atoms with Crippen molar-refractivity contribution in [3.05, 3.63) is 42.7 Å². The van der Waals surface area contributed by atoms with Crippen LogP contribution < -0.4 is 14.8 Å². The second-order valence-corrected chi connectivity index (χ2v) is 8.17. The Hall–Kier alpha value is -3.53. The Morgan fingerprint density at radius 2 is 1.84 bits per heavy atom. The van der Waals surface area contributed by atoms with Gasteiger partial charge in [-0.3, -0.25) is 0 Å². The van der Waals surface area contributed by atoms with Crippen molar-refractivity contribution in [3.8, 4) is 11.5 Å². The number of hydrogen-bond donors (Lipinski definition) is 0.